The molecule has 1 aliphatic rings. The molecule has 1 aromatic heterocycles. The fourth-order valence-corrected chi connectivity index (χ4v) is 5.09. The van der Waals surface area contributed by atoms with Crippen molar-refractivity contribution >= 4 is 28.8 Å². The van der Waals surface area contributed by atoms with E-state index in [0.29, 0.717) is 18.0 Å². The Morgan fingerprint density at radius 2 is 1.73 bits per heavy atom. The monoisotopic (exact) mass is 418 g/mol. The van der Waals surface area contributed by atoms with Crippen LogP contribution in [-0.4, -0.2) is 30.3 Å². The molecule has 0 N–H and O–H groups in total. The number of anilines is 1. The summed E-state index contributed by atoms with van der Waals surface area (Å²) in [5.41, 5.74) is 2.29. The van der Waals surface area contributed by atoms with Crippen molar-refractivity contribution in [3.8, 4) is 0 Å². The van der Waals surface area contributed by atoms with E-state index < -0.39 is 5.92 Å². The second kappa shape index (κ2) is 8.44. The van der Waals surface area contributed by atoms with Crippen LogP contribution < -0.4 is 4.90 Å². The maximum atomic E-state index is 13.9. The Labute approximate surface area is 181 Å². The van der Waals surface area contributed by atoms with Gasteiger partial charge in [-0.05, 0) is 41.1 Å². The fourth-order valence-electron chi connectivity index (χ4n) is 4.22. The minimum atomic E-state index is -0.457. The molecule has 0 radical (unpaired) electrons. The van der Waals surface area contributed by atoms with Gasteiger partial charge in [-0.1, -0.05) is 56.3 Å². The third kappa shape index (κ3) is 3.65. The summed E-state index contributed by atoms with van der Waals surface area (Å²) < 4.78 is 0. The van der Waals surface area contributed by atoms with Crippen molar-refractivity contribution in [3.63, 3.8) is 0 Å². The van der Waals surface area contributed by atoms with E-state index in [2.05, 4.69) is 13.8 Å². The zero-order chi connectivity index (χ0) is 21.3. The van der Waals surface area contributed by atoms with Gasteiger partial charge < -0.3 is 9.80 Å². The minimum absolute atomic E-state index is 0.00381. The first-order valence-electron chi connectivity index (χ1n) is 10.2. The largest absolute Gasteiger partial charge is 0.329 e. The fraction of sp³-hybridized carbons (Fsp3) is 0.280. The molecule has 0 saturated carbocycles. The van der Waals surface area contributed by atoms with Gasteiger partial charge >= 0.3 is 0 Å². The SMILES string of the molecule is CC(C)CN1C(=O)c2ccccc2[C@H](C(=O)N(C)c2ccccc2)[C@@H]1c1cccs1. The summed E-state index contributed by atoms with van der Waals surface area (Å²) in [5, 5.41) is 2.01. The number of carbonyl (C=O) groups excluding carboxylic acids is 2. The smallest absolute Gasteiger partial charge is 0.254 e. The summed E-state index contributed by atoms with van der Waals surface area (Å²) in [7, 11) is 1.81. The molecule has 2 atom stereocenters. The van der Waals surface area contributed by atoms with Crippen molar-refractivity contribution in [2.75, 3.05) is 18.5 Å². The lowest BCUT2D eigenvalue weighted by Crippen LogP contribution is -2.48. The normalized spacial score (nSPS) is 18.4. The number of nitrogens with zero attached hydrogens (tertiary/aromatic N) is 2. The molecule has 0 unspecified atom stereocenters. The summed E-state index contributed by atoms with van der Waals surface area (Å²) in [6.07, 6.45) is 0. The van der Waals surface area contributed by atoms with Crippen molar-refractivity contribution < 1.29 is 9.59 Å². The molecule has 0 aliphatic carbocycles. The minimum Gasteiger partial charge on any atom is -0.329 e. The van der Waals surface area contributed by atoms with Crippen LogP contribution in [0.3, 0.4) is 0 Å². The molecular formula is C25H26N2O2S. The molecule has 2 amide bonds. The molecule has 4 rings (SSSR count). The Kier molecular flexibility index (Phi) is 5.73. The van der Waals surface area contributed by atoms with E-state index in [1.807, 2.05) is 84.1 Å². The summed E-state index contributed by atoms with van der Waals surface area (Å²) in [6, 6.07) is 20.9. The quantitative estimate of drug-likeness (QED) is 0.561. The van der Waals surface area contributed by atoms with Crippen LogP contribution in [0.5, 0.6) is 0 Å². The topological polar surface area (TPSA) is 40.6 Å². The maximum Gasteiger partial charge on any atom is 0.254 e. The third-order valence-corrected chi connectivity index (χ3v) is 6.52. The van der Waals surface area contributed by atoms with Crippen LogP contribution in [0.4, 0.5) is 5.69 Å². The van der Waals surface area contributed by atoms with Gasteiger partial charge in [0.2, 0.25) is 5.91 Å². The highest BCUT2D eigenvalue weighted by Crippen LogP contribution is 2.45. The zero-order valence-corrected chi connectivity index (χ0v) is 18.3. The first-order chi connectivity index (χ1) is 14.5. The second-order valence-corrected chi connectivity index (χ2v) is 9.09. The molecular weight excluding hydrogens is 392 g/mol. The van der Waals surface area contributed by atoms with Crippen LogP contribution in [0.1, 0.15) is 46.6 Å². The van der Waals surface area contributed by atoms with Gasteiger partial charge in [-0.25, -0.2) is 0 Å². The lowest BCUT2D eigenvalue weighted by molar-refractivity contribution is -0.121. The second-order valence-electron chi connectivity index (χ2n) is 8.11. The highest BCUT2D eigenvalue weighted by molar-refractivity contribution is 7.10. The van der Waals surface area contributed by atoms with E-state index in [-0.39, 0.29) is 17.9 Å². The number of amides is 2. The molecule has 1 aliphatic heterocycles. The van der Waals surface area contributed by atoms with E-state index in [0.717, 1.165) is 16.1 Å². The van der Waals surface area contributed by atoms with Crippen LogP contribution in [0.15, 0.2) is 72.1 Å². The molecule has 3 aromatic rings. The van der Waals surface area contributed by atoms with Crippen molar-refractivity contribution in [2.24, 2.45) is 5.92 Å². The van der Waals surface area contributed by atoms with E-state index in [1.165, 1.54) is 0 Å². The first kappa shape index (κ1) is 20.4. The van der Waals surface area contributed by atoms with Crippen LogP contribution in [0.2, 0.25) is 0 Å². The lowest BCUT2D eigenvalue weighted by Gasteiger charge is -2.43. The number of hydrogen-bond acceptors (Lipinski definition) is 3. The van der Waals surface area contributed by atoms with E-state index >= 15 is 0 Å². The molecule has 5 heteroatoms. The highest BCUT2D eigenvalue weighted by atomic mass is 32.1. The number of rotatable bonds is 5. The Balaban J connectivity index is 1.86. The van der Waals surface area contributed by atoms with E-state index in [1.54, 1.807) is 16.2 Å². The Bertz CT molecular complexity index is 1030. The summed E-state index contributed by atoms with van der Waals surface area (Å²) in [6.45, 7) is 4.81. The average molecular weight is 419 g/mol. The summed E-state index contributed by atoms with van der Waals surface area (Å²) in [5.74, 6) is -0.164. The van der Waals surface area contributed by atoms with Gasteiger partial charge in [0.05, 0.1) is 12.0 Å². The molecule has 30 heavy (non-hydrogen) atoms. The summed E-state index contributed by atoms with van der Waals surface area (Å²) in [4.78, 5) is 32.0. The van der Waals surface area contributed by atoms with Gasteiger partial charge in [0, 0.05) is 29.7 Å². The van der Waals surface area contributed by atoms with E-state index in [9.17, 15) is 9.59 Å². The summed E-state index contributed by atoms with van der Waals surface area (Å²) >= 11 is 1.60. The first-order valence-corrected chi connectivity index (χ1v) is 11.1. The van der Waals surface area contributed by atoms with Gasteiger partial charge in [0.1, 0.15) is 0 Å². The van der Waals surface area contributed by atoms with Crippen molar-refractivity contribution in [1.29, 1.82) is 0 Å². The number of benzene rings is 2. The number of para-hydroxylation sites is 1. The van der Waals surface area contributed by atoms with Crippen LogP contribution >= 0.6 is 11.3 Å². The van der Waals surface area contributed by atoms with Crippen LogP contribution in [0, 0.1) is 5.92 Å². The van der Waals surface area contributed by atoms with Crippen molar-refractivity contribution in [2.45, 2.75) is 25.8 Å². The van der Waals surface area contributed by atoms with Crippen LogP contribution in [0.25, 0.3) is 0 Å². The third-order valence-electron chi connectivity index (χ3n) is 5.58. The standard InChI is InChI=1S/C25H26N2O2S/c1-17(2)16-27-23(21-14-9-15-30-21)22(19-12-7-8-13-20(19)24(27)28)25(29)26(3)18-10-5-4-6-11-18/h4-15,17,22-23H,16H2,1-3H3/t22-,23-/m0/s1. The number of fused-ring (bicyclic) bond motifs is 1. The number of hydrogen-bond donors (Lipinski definition) is 0. The van der Waals surface area contributed by atoms with Gasteiger partial charge in [-0.2, -0.15) is 0 Å². The molecule has 4 nitrogen and oxygen atoms in total. The van der Waals surface area contributed by atoms with Gasteiger partial charge in [-0.3, -0.25) is 9.59 Å². The molecule has 2 aromatic carbocycles. The van der Waals surface area contributed by atoms with E-state index in [4.69, 9.17) is 0 Å². The van der Waals surface area contributed by atoms with Gasteiger partial charge in [0.25, 0.3) is 5.91 Å². The van der Waals surface area contributed by atoms with Gasteiger partial charge in [0.15, 0.2) is 0 Å². The molecule has 0 spiro atoms. The Morgan fingerprint density at radius 1 is 1.03 bits per heavy atom. The maximum absolute atomic E-state index is 13.9. The number of carbonyl (C=O) groups is 2. The lowest BCUT2D eigenvalue weighted by atomic mass is 9.80. The van der Waals surface area contributed by atoms with Crippen molar-refractivity contribution in [3.05, 3.63) is 88.1 Å². The van der Waals surface area contributed by atoms with Crippen LogP contribution in [-0.2, 0) is 4.79 Å². The Hall–Kier alpha value is -2.92. The molecule has 0 fully saturated rings. The predicted octanol–water partition coefficient (Wildman–Crippen LogP) is 5.35. The predicted molar refractivity (Wildman–Crippen MR) is 122 cm³/mol. The molecule has 2 heterocycles. The molecule has 0 saturated heterocycles. The molecule has 0 bridgehead atoms. The zero-order valence-electron chi connectivity index (χ0n) is 17.5. The Morgan fingerprint density at radius 3 is 2.40 bits per heavy atom. The number of thiophene rings is 1. The number of likely N-dealkylation sites (N-methyl/N-ethyl adjacent to an activating group) is 1. The average Bonchev–Trinajstić information content (AvgIpc) is 3.29. The highest BCUT2D eigenvalue weighted by Gasteiger charge is 2.45. The van der Waals surface area contributed by atoms with Gasteiger partial charge in [-0.15, -0.1) is 11.3 Å². The van der Waals surface area contributed by atoms with Crippen molar-refractivity contribution in [1.82, 2.24) is 4.90 Å². The molecule has 154 valence electrons.